The number of aryl methyl sites for hydroxylation is 1. The second kappa shape index (κ2) is 6.01. The summed E-state index contributed by atoms with van der Waals surface area (Å²) in [6.07, 6.45) is 1.01. The lowest BCUT2D eigenvalue weighted by molar-refractivity contribution is -0.116. The van der Waals surface area contributed by atoms with E-state index in [1.54, 1.807) is 0 Å². The number of carbonyl (C=O) groups excluding carboxylic acids is 1. The van der Waals surface area contributed by atoms with Crippen LogP contribution < -0.4 is 5.32 Å². The van der Waals surface area contributed by atoms with Gasteiger partial charge < -0.3 is 5.32 Å². The van der Waals surface area contributed by atoms with Crippen molar-refractivity contribution in [2.45, 2.75) is 32.0 Å². The molecule has 1 aromatic heterocycles. The van der Waals surface area contributed by atoms with Crippen molar-refractivity contribution in [1.29, 1.82) is 0 Å². The van der Waals surface area contributed by atoms with E-state index in [4.69, 9.17) is 0 Å². The van der Waals surface area contributed by atoms with Gasteiger partial charge in [0.1, 0.15) is 0 Å². The molecule has 19 heavy (non-hydrogen) atoms. The number of carbonyl (C=O) groups is 1. The van der Waals surface area contributed by atoms with E-state index in [0.717, 1.165) is 16.6 Å². The average Bonchev–Trinajstić information content (AvgIpc) is 2.78. The predicted octanol–water partition coefficient (Wildman–Crippen LogP) is 4.22. The minimum Gasteiger partial charge on any atom is -0.301 e. The molecule has 0 fully saturated rings. The molecule has 0 saturated heterocycles. The van der Waals surface area contributed by atoms with Crippen LogP contribution in [-0.2, 0) is 11.2 Å². The summed E-state index contributed by atoms with van der Waals surface area (Å²) in [5, 5.41) is 3.54. The van der Waals surface area contributed by atoms with Gasteiger partial charge in [-0.25, -0.2) is 4.98 Å². The molecule has 0 saturated carbocycles. The highest BCUT2D eigenvalue weighted by Gasteiger charge is 2.19. The number of hydrogen-bond acceptors (Lipinski definition) is 3. The molecule has 1 amide bonds. The first-order chi connectivity index (χ1) is 9.01. The molecule has 2 rings (SSSR count). The molecule has 1 unspecified atom stereocenters. The number of alkyl halides is 1. The topological polar surface area (TPSA) is 42.0 Å². The molecular weight excluding hydrogens is 324 g/mol. The fourth-order valence-electron chi connectivity index (χ4n) is 1.72. The molecule has 1 atom stereocenters. The monoisotopic (exact) mass is 340 g/mol. The van der Waals surface area contributed by atoms with Gasteiger partial charge in [-0.05, 0) is 30.0 Å². The number of rotatable bonds is 4. The molecule has 1 heterocycles. The van der Waals surface area contributed by atoms with Crippen molar-refractivity contribution in [3.63, 3.8) is 0 Å². The van der Waals surface area contributed by atoms with Crippen LogP contribution in [0.5, 0.6) is 0 Å². The molecule has 3 nitrogen and oxygen atoms in total. The van der Waals surface area contributed by atoms with Gasteiger partial charge in [-0.1, -0.05) is 54.1 Å². The molecule has 0 aliphatic carbocycles. The molecule has 0 spiro atoms. The summed E-state index contributed by atoms with van der Waals surface area (Å²) >= 11 is 4.92. The minimum atomic E-state index is -0.189. The fraction of sp³-hybridized carbons (Fsp3) is 0.429. The number of amides is 1. The lowest BCUT2D eigenvalue weighted by Gasteiger charge is -2.11. The van der Waals surface area contributed by atoms with Crippen LogP contribution in [0.2, 0.25) is 0 Å². The molecule has 0 bridgehead atoms. The first-order valence-corrected chi connectivity index (χ1v) is 8.09. The Morgan fingerprint density at radius 2 is 2.21 bits per heavy atom. The van der Waals surface area contributed by atoms with Gasteiger partial charge in [0.2, 0.25) is 5.91 Å². The zero-order valence-corrected chi connectivity index (χ0v) is 13.6. The van der Waals surface area contributed by atoms with Crippen LogP contribution in [0.3, 0.4) is 0 Å². The van der Waals surface area contributed by atoms with Crippen LogP contribution in [-0.4, -0.2) is 15.7 Å². The van der Waals surface area contributed by atoms with Crippen LogP contribution in [0.4, 0.5) is 5.13 Å². The Labute approximate surface area is 125 Å². The number of aromatic nitrogens is 1. The third-order valence-corrected chi connectivity index (χ3v) is 5.33. The predicted molar refractivity (Wildman–Crippen MR) is 85.2 cm³/mol. The number of hydrogen-bond donors (Lipinski definition) is 1. The van der Waals surface area contributed by atoms with Gasteiger partial charge in [-0.15, -0.1) is 0 Å². The maximum atomic E-state index is 12.0. The highest BCUT2D eigenvalue weighted by atomic mass is 79.9. The number of benzene rings is 1. The van der Waals surface area contributed by atoms with Crippen LogP contribution in [0, 0.1) is 5.92 Å². The van der Waals surface area contributed by atoms with Gasteiger partial charge in [0.05, 0.1) is 15.0 Å². The Kier molecular flexibility index (Phi) is 4.58. The number of thiazole rings is 1. The van der Waals surface area contributed by atoms with Crippen molar-refractivity contribution in [3.8, 4) is 0 Å². The molecule has 5 heteroatoms. The van der Waals surface area contributed by atoms with Crippen molar-refractivity contribution in [2.24, 2.45) is 5.92 Å². The first-order valence-electron chi connectivity index (χ1n) is 6.35. The molecule has 102 valence electrons. The average molecular weight is 341 g/mol. The summed E-state index contributed by atoms with van der Waals surface area (Å²) in [6, 6.07) is 6.22. The van der Waals surface area contributed by atoms with E-state index in [-0.39, 0.29) is 16.7 Å². The minimum absolute atomic E-state index is 0.0372. The van der Waals surface area contributed by atoms with Crippen LogP contribution in [0.15, 0.2) is 18.2 Å². The molecule has 0 radical (unpaired) electrons. The van der Waals surface area contributed by atoms with E-state index >= 15 is 0 Å². The van der Waals surface area contributed by atoms with Gasteiger partial charge in [0.25, 0.3) is 0 Å². The molecule has 1 N–H and O–H groups in total. The summed E-state index contributed by atoms with van der Waals surface area (Å²) < 4.78 is 1.12. The van der Waals surface area contributed by atoms with Crippen molar-refractivity contribution < 1.29 is 4.79 Å². The number of nitrogens with zero attached hydrogens (tertiary/aromatic N) is 1. The van der Waals surface area contributed by atoms with E-state index in [1.807, 2.05) is 19.9 Å². The second-order valence-corrected chi connectivity index (χ2v) is 6.83. The summed E-state index contributed by atoms with van der Waals surface area (Å²) in [5.41, 5.74) is 2.22. The Morgan fingerprint density at radius 3 is 2.84 bits per heavy atom. The summed E-state index contributed by atoms with van der Waals surface area (Å²) in [7, 11) is 0. The lowest BCUT2D eigenvalue weighted by atomic mass is 10.1. The lowest BCUT2D eigenvalue weighted by Crippen LogP contribution is -2.26. The SMILES string of the molecule is CCc1ccc2nc(NC(=O)C(Br)C(C)C)sc2c1. The van der Waals surface area contributed by atoms with Crippen molar-refractivity contribution in [1.82, 2.24) is 4.98 Å². The summed E-state index contributed by atoms with van der Waals surface area (Å²) in [6.45, 7) is 6.14. The third-order valence-electron chi connectivity index (χ3n) is 2.93. The number of nitrogens with one attached hydrogen (secondary N) is 1. The first kappa shape index (κ1) is 14.5. The Morgan fingerprint density at radius 1 is 1.47 bits per heavy atom. The highest BCUT2D eigenvalue weighted by molar-refractivity contribution is 9.10. The van der Waals surface area contributed by atoms with E-state index in [1.165, 1.54) is 16.9 Å². The molecule has 1 aromatic carbocycles. The van der Waals surface area contributed by atoms with Crippen LogP contribution >= 0.6 is 27.3 Å². The van der Waals surface area contributed by atoms with Gasteiger partial charge in [0.15, 0.2) is 5.13 Å². The van der Waals surface area contributed by atoms with E-state index in [0.29, 0.717) is 5.13 Å². The maximum absolute atomic E-state index is 12.0. The molecular formula is C14H17BrN2OS. The highest BCUT2D eigenvalue weighted by Crippen LogP contribution is 2.27. The van der Waals surface area contributed by atoms with E-state index in [9.17, 15) is 4.79 Å². The zero-order valence-electron chi connectivity index (χ0n) is 11.2. The maximum Gasteiger partial charge on any atom is 0.240 e. The fourth-order valence-corrected chi connectivity index (χ4v) is 2.77. The van der Waals surface area contributed by atoms with E-state index in [2.05, 4.69) is 45.3 Å². The standard InChI is InChI=1S/C14H17BrN2OS/c1-4-9-5-6-10-11(7-9)19-14(16-10)17-13(18)12(15)8(2)3/h5-8,12H,4H2,1-3H3,(H,16,17,18). The Bertz CT molecular complexity index is 594. The Balaban J connectivity index is 2.20. The van der Waals surface area contributed by atoms with Gasteiger partial charge in [-0.2, -0.15) is 0 Å². The van der Waals surface area contributed by atoms with Crippen LogP contribution in [0.1, 0.15) is 26.3 Å². The molecule has 0 aliphatic heterocycles. The summed E-state index contributed by atoms with van der Waals surface area (Å²) in [5.74, 6) is 0.214. The van der Waals surface area contributed by atoms with E-state index < -0.39 is 0 Å². The van der Waals surface area contributed by atoms with Crippen LogP contribution in [0.25, 0.3) is 10.2 Å². The Hall–Kier alpha value is -0.940. The second-order valence-electron chi connectivity index (χ2n) is 4.81. The molecule has 0 aliphatic rings. The summed E-state index contributed by atoms with van der Waals surface area (Å²) in [4.78, 5) is 16.2. The smallest absolute Gasteiger partial charge is 0.240 e. The third kappa shape index (κ3) is 3.34. The number of fused-ring (bicyclic) bond motifs is 1. The van der Waals surface area contributed by atoms with Gasteiger partial charge >= 0.3 is 0 Å². The largest absolute Gasteiger partial charge is 0.301 e. The number of anilines is 1. The molecule has 2 aromatic rings. The normalized spacial score (nSPS) is 12.9. The van der Waals surface area contributed by atoms with Crippen molar-refractivity contribution in [2.75, 3.05) is 5.32 Å². The zero-order chi connectivity index (χ0) is 14.0. The van der Waals surface area contributed by atoms with Gasteiger partial charge in [-0.3, -0.25) is 4.79 Å². The van der Waals surface area contributed by atoms with Crippen molar-refractivity contribution >= 4 is 48.5 Å². The van der Waals surface area contributed by atoms with Crippen molar-refractivity contribution in [3.05, 3.63) is 23.8 Å². The van der Waals surface area contributed by atoms with Gasteiger partial charge in [0, 0.05) is 0 Å². The number of halogens is 1. The quantitative estimate of drug-likeness (QED) is 0.846.